The molecule has 3 aromatic rings. The molecule has 5 heteroatoms. The molecule has 1 N–H and O–H groups in total. The van der Waals surface area contributed by atoms with Gasteiger partial charge in [-0.2, -0.15) is 5.10 Å². The topological polar surface area (TPSA) is 55.6 Å². The lowest BCUT2D eigenvalue weighted by molar-refractivity contribution is 0.0954. The van der Waals surface area contributed by atoms with Crippen LogP contribution in [0.25, 0.3) is 5.69 Å². The second-order valence-electron chi connectivity index (χ2n) is 5.70. The predicted octanol–water partition coefficient (Wildman–Crippen LogP) is 3.39. The summed E-state index contributed by atoms with van der Waals surface area (Å²) in [7, 11) is 0. The van der Waals surface area contributed by atoms with E-state index in [9.17, 15) is 4.79 Å². The maximum Gasteiger partial charge on any atom is 0.273 e. The van der Waals surface area contributed by atoms with E-state index in [0.717, 1.165) is 22.7 Å². The Kier molecular flexibility index (Phi) is 4.04. The van der Waals surface area contributed by atoms with Gasteiger partial charge in [0.1, 0.15) is 5.75 Å². The highest BCUT2D eigenvalue weighted by molar-refractivity contribution is 6.05. The number of hydrogen-bond acceptors (Lipinski definition) is 3. The highest BCUT2D eigenvalue weighted by Crippen LogP contribution is 2.24. The molecule has 2 aromatic carbocycles. The van der Waals surface area contributed by atoms with Gasteiger partial charge in [0.25, 0.3) is 5.91 Å². The number of amides is 1. The zero-order chi connectivity index (χ0) is 17.1. The van der Waals surface area contributed by atoms with Crippen LogP contribution in [0.3, 0.4) is 0 Å². The van der Waals surface area contributed by atoms with Crippen LogP contribution in [0.2, 0.25) is 0 Å². The van der Waals surface area contributed by atoms with Crippen molar-refractivity contribution in [2.75, 3.05) is 6.61 Å². The molecule has 4 rings (SSSR count). The fraction of sp³-hybridized carbons (Fsp3) is 0.100. The van der Waals surface area contributed by atoms with Gasteiger partial charge in [0.15, 0.2) is 0 Å². The first kappa shape index (κ1) is 15.2. The molecule has 5 nitrogen and oxygen atoms in total. The van der Waals surface area contributed by atoms with Crippen molar-refractivity contribution in [3.05, 3.63) is 84.2 Å². The van der Waals surface area contributed by atoms with Gasteiger partial charge in [-0.25, -0.2) is 5.43 Å². The molecular formula is C20H17N3O2. The van der Waals surface area contributed by atoms with E-state index >= 15 is 0 Å². The Labute approximate surface area is 145 Å². The number of aromatic nitrogens is 1. The van der Waals surface area contributed by atoms with Crippen LogP contribution in [0.1, 0.15) is 22.3 Å². The minimum atomic E-state index is -0.235. The zero-order valence-corrected chi connectivity index (χ0v) is 13.6. The van der Waals surface area contributed by atoms with Crippen molar-refractivity contribution in [3.63, 3.8) is 0 Å². The molecule has 0 aliphatic carbocycles. The van der Waals surface area contributed by atoms with Gasteiger partial charge < -0.3 is 9.30 Å². The normalized spacial score (nSPS) is 14.6. The fourth-order valence-electron chi connectivity index (χ4n) is 2.90. The third-order valence-corrected chi connectivity index (χ3v) is 4.12. The zero-order valence-electron chi connectivity index (χ0n) is 13.6. The Morgan fingerprint density at radius 2 is 1.76 bits per heavy atom. The van der Waals surface area contributed by atoms with Gasteiger partial charge in [0.05, 0.1) is 23.6 Å². The van der Waals surface area contributed by atoms with E-state index in [-0.39, 0.29) is 5.91 Å². The summed E-state index contributed by atoms with van der Waals surface area (Å²) in [5, 5.41) is 4.35. The predicted molar refractivity (Wildman–Crippen MR) is 96.3 cm³/mol. The molecule has 2 heterocycles. The van der Waals surface area contributed by atoms with Gasteiger partial charge >= 0.3 is 0 Å². The van der Waals surface area contributed by atoms with Crippen LogP contribution in [0.15, 0.2) is 78.2 Å². The second kappa shape index (κ2) is 6.65. The SMILES string of the molecule is O=C(NN=C1CCOc2ccccc21)c1ccccc1-n1cccc1. The van der Waals surface area contributed by atoms with Crippen LogP contribution < -0.4 is 10.2 Å². The third kappa shape index (κ3) is 3.04. The highest BCUT2D eigenvalue weighted by Gasteiger charge is 2.17. The van der Waals surface area contributed by atoms with Crippen LogP contribution in [0.4, 0.5) is 0 Å². The minimum absolute atomic E-state index is 0.235. The number of fused-ring (bicyclic) bond motifs is 1. The lowest BCUT2D eigenvalue weighted by Gasteiger charge is -2.18. The number of nitrogens with one attached hydrogen (secondary N) is 1. The molecule has 1 aliphatic rings. The summed E-state index contributed by atoms with van der Waals surface area (Å²) in [6, 6.07) is 19.0. The second-order valence-corrected chi connectivity index (χ2v) is 5.70. The van der Waals surface area contributed by atoms with E-state index in [4.69, 9.17) is 4.74 Å². The van der Waals surface area contributed by atoms with Crippen LogP contribution in [-0.2, 0) is 0 Å². The summed E-state index contributed by atoms with van der Waals surface area (Å²) in [6.45, 7) is 0.561. The average molecular weight is 331 g/mol. The molecule has 0 spiro atoms. The number of hydrazone groups is 1. The molecule has 0 bridgehead atoms. The van der Waals surface area contributed by atoms with Crippen molar-refractivity contribution >= 4 is 11.6 Å². The van der Waals surface area contributed by atoms with Gasteiger partial charge in [0, 0.05) is 24.4 Å². The van der Waals surface area contributed by atoms with E-state index in [1.54, 1.807) is 6.07 Å². The lowest BCUT2D eigenvalue weighted by atomic mass is 10.0. The van der Waals surface area contributed by atoms with Crippen molar-refractivity contribution in [1.29, 1.82) is 0 Å². The lowest BCUT2D eigenvalue weighted by Crippen LogP contribution is -2.24. The van der Waals surface area contributed by atoms with Crippen LogP contribution >= 0.6 is 0 Å². The minimum Gasteiger partial charge on any atom is -0.492 e. The van der Waals surface area contributed by atoms with Crippen molar-refractivity contribution < 1.29 is 9.53 Å². The molecule has 0 saturated heterocycles. The van der Waals surface area contributed by atoms with Gasteiger partial charge in [0.2, 0.25) is 0 Å². The number of carbonyl (C=O) groups is 1. The molecular weight excluding hydrogens is 314 g/mol. The number of benzene rings is 2. The molecule has 1 aromatic heterocycles. The number of para-hydroxylation sites is 2. The first-order valence-corrected chi connectivity index (χ1v) is 8.14. The summed E-state index contributed by atoms with van der Waals surface area (Å²) in [5.41, 5.74) is 5.83. The van der Waals surface area contributed by atoms with E-state index in [0.29, 0.717) is 18.6 Å². The van der Waals surface area contributed by atoms with Gasteiger partial charge in [-0.15, -0.1) is 0 Å². The fourth-order valence-corrected chi connectivity index (χ4v) is 2.90. The first-order valence-electron chi connectivity index (χ1n) is 8.14. The number of ether oxygens (including phenoxy) is 1. The van der Waals surface area contributed by atoms with Crippen molar-refractivity contribution in [3.8, 4) is 11.4 Å². The van der Waals surface area contributed by atoms with Crippen LogP contribution in [0, 0.1) is 0 Å². The average Bonchev–Trinajstić information content (AvgIpc) is 3.21. The Bertz CT molecular complexity index is 930. The van der Waals surface area contributed by atoms with Gasteiger partial charge in [-0.3, -0.25) is 4.79 Å². The maximum absolute atomic E-state index is 12.7. The molecule has 1 amide bonds. The summed E-state index contributed by atoms with van der Waals surface area (Å²) >= 11 is 0. The Morgan fingerprint density at radius 1 is 1.00 bits per heavy atom. The van der Waals surface area contributed by atoms with E-state index in [2.05, 4.69) is 10.5 Å². The number of carbonyl (C=O) groups excluding carboxylic acids is 1. The van der Waals surface area contributed by atoms with Crippen LogP contribution in [-0.4, -0.2) is 22.8 Å². The smallest absolute Gasteiger partial charge is 0.273 e. The molecule has 25 heavy (non-hydrogen) atoms. The Morgan fingerprint density at radius 3 is 2.64 bits per heavy atom. The van der Waals surface area contributed by atoms with E-state index in [1.807, 2.05) is 71.6 Å². The summed E-state index contributed by atoms with van der Waals surface area (Å²) in [6.07, 6.45) is 4.48. The summed E-state index contributed by atoms with van der Waals surface area (Å²) in [4.78, 5) is 12.7. The molecule has 0 unspecified atom stereocenters. The first-order chi connectivity index (χ1) is 12.3. The Hall–Kier alpha value is -3.34. The third-order valence-electron chi connectivity index (χ3n) is 4.12. The highest BCUT2D eigenvalue weighted by atomic mass is 16.5. The molecule has 1 aliphatic heterocycles. The van der Waals surface area contributed by atoms with Gasteiger partial charge in [-0.05, 0) is 36.4 Å². The van der Waals surface area contributed by atoms with E-state index in [1.165, 1.54) is 0 Å². The number of hydrogen-bond donors (Lipinski definition) is 1. The van der Waals surface area contributed by atoms with E-state index < -0.39 is 0 Å². The molecule has 0 radical (unpaired) electrons. The molecule has 0 atom stereocenters. The van der Waals surface area contributed by atoms with Gasteiger partial charge in [-0.1, -0.05) is 24.3 Å². The maximum atomic E-state index is 12.7. The molecule has 0 saturated carbocycles. The number of nitrogens with zero attached hydrogens (tertiary/aromatic N) is 2. The standard InChI is InChI=1S/C20H17N3O2/c24-20(16-8-1-3-9-18(16)23-12-5-6-13-23)22-21-17-11-14-25-19-10-4-2-7-15(17)19/h1-10,12-13H,11,14H2,(H,22,24). The van der Waals surface area contributed by atoms with Crippen molar-refractivity contribution in [1.82, 2.24) is 9.99 Å². The summed E-state index contributed by atoms with van der Waals surface area (Å²) < 4.78 is 7.52. The number of rotatable bonds is 3. The van der Waals surface area contributed by atoms with Crippen LogP contribution in [0.5, 0.6) is 5.75 Å². The largest absolute Gasteiger partial charge is 0.492 e. The summed E-state index contributed by atoms with van der Waals surface area (Å²) in [5.74, 6) is 0.565. The quantitative estimate of drug-likeness (QED) is 0.748. The monoisotopic (exact) mass is 331 g/mol. The Balaban J connectivity index is 1.60. The molecule has 0 fully saturated rings. The van der Waals surface area contributed by atoms with Crippen molar-refractivity contribution in [2.24, 2.45) is 5.10 Å². The molecule has 124 valence electrons. The van der Waals surface area contributed by atoms with Crippen molar-refractivity contribution in [2.45, 2.75) is 6.42 Å².